The molecule has 0 aliphatic carbocycles. The maximum Gasteiger partial charge on any atom is 0.265 e. The second kappa shape index (κ2) is 6.90. The zero-order valence-corrected chi connectivity index (χ0v) is 12.0. The molecule has 0 unspecified atom stereocenters. The minimum absolute atomic E-state index is 0.0546. The van der Waals surface area contributed by atoms with Crippen molar-refractivity contribution in [3.05, 3.63) is 51.7 Å². The molecular weight excluding hydrogens is 270 g/mol. The highest BCUT2D eigenvalue weighted by atomic mass is 32.1. The Morgan fingerprint density at radius 3 is 2.85 bits per heavy atom. The van der Waals surface area contributed by atoms with Crippen molar-refractivity contribution in [1.29, 1.82) is 0 Å². The molecule has 0 radical (unpaired) electrons. The number of amides is 1. The Labute approximate surface area is 122 Å². The lowest BCUT2D eigenvalue weighted by molar-refractivity contribution is 0.103. The van der Waals surface area contributed by atoms with E-state index in [-0.39, 0.29) is 12.5 Å². The fraction of sp³-hybridized carbons (Fsp3) is 0.188. The average Bonchev–Trinajstić information content (AvgIpc) is 2.91. The topological polar surface area (TPSA) is 49.3 Å². The van der Waals surface area contributed by atoms with Gasteiger partial charge >= 0.3 is 0 Å². The third-order valence-electron chi connectivity index (χ3n) is 2.67. The molecule has 2 rings (SSSR count). The van der Waals surface area contributed by atoms with Gasteiger partial charge in [-0.05, 0) is 30.7 Å². The smallest absolute Gasteiger partial charge is 0.265 e. The molecule has 0 saturated heterocycles. The fourth-order valence-electron chi connectivity index (χ4n) is 1.63. The first-order valence-electron chi connectivity index (χ1n) is 6.27. The van der Waals surface area contributed by atoms with Crippen molar-refractivity contribution in [2.24, 2.45) is 0 Å². The molecule has 1 aromatic heterocycles. The summed E-state index contributed by atoms with van der Waals surface area (Å²) in [7, 11) is 0. The highest BCUT2D eigenvalue weighted by Gasteiger charge is 2.09. The van der Waals surface area contributed by atoms with Crippen LogP contribution >= 0.6 is 11.3 Å². The maximum absolute atomic E-state index is 12.1. The van der Waals surface area contributed by atoms with Crippen molar-refractivity contribution in [1.82, 2.24) is 0 Å². The Hall–Kier alpha value is -2.09. The molecule has 20 heavy (non-hydrogen) atoms. The van der Waals surface area contributed by atoms with E-state index in [4.69, 9.17) is 5.11 Å². The van der Waals surface area contributed by atoms with E-state index in [1.165, 1.54) is 11.3 Å². The molecule has 0 fully saturated rings. The second-order valence-corrected chi connectivity index (χ2v) is 5.29. The van der Waals surface area contributed by atoms with Gasteiger partial charge in [0.15, 0.2) is 0 Å². The highest BCUT2D eigenvalue weighted by molar-refractivity contribution is 7.14. The van der Waals surface area contributed by atoms with Crippen molar-refractivity contribution in [2.75, 3.05) is 11.9 Å². The number of hydrogen-bond acceptors (Lipinski definition) is 3. The Balaban J connectivity index is 2.07. The zero-order chi connectivity index (χ0) is 14.4. The number of aryl methyl sites for hydroxylation is 1. The predicted octanol–water partition coefficient (Wildman–Crippen LogP) is 3.04. The van der Waals surface area contributed by atoms with E-state index in [1.54, 1.807) is 6.07 Å². The average molecular weight is 285 g/mol. The summed E-state index contributed by atoms with van der Waals surface area (Å²) in [5, 5.41) is 11.6. The lowest BCUT2D eigenvalue weighted by Crippen LogP contribution is -2.10. The van der Waals surface area contributed by atoms with E-state index in [0.29, 0.717) is 11.3 Å². The molecule has 2 N–H and O–H groups in total. The van der Waals surface area contributed by atoms with E-state index in [2.05, 4.69) is 17.2 Å². The molecule has 0 aliphatic heterocycles. The largest absolute Gasteiger partial charge is 0.395 e. The molecule has 4 heteroatoms. The van der Waals surface area contributed by atoms with Crippen LogP contribution in [0, 0.1) is 18.8 Å². The zero-order valence-electron chi connectivity index (χ0n) is 11.1. The predicted molar refractivity (Wildman–Crippen MR) is 82.0 cm³/mol. The Kier molecular flexibility index (Phi) is 4.94. The first-order chi connectivity index (χ1) is 9.70. The van der Waals surface area contributed by atoms with Crippen LogP contribution in [0.4, 0.5) is 5.69 Å². The number of hydrogen-bond donors (Lipinski definition) is 2. The molecule has 0 saturated carbocycles. The monoisotopic (exact) mass is 285 g/mol. The van der Waals surface area contributed by atoms with Crippen molar-refractivity contribution >= 4 is 22.9 Å². The fourth-order valence-corrected chi connectivity index (χ4v) is 2.41. The number of anilines is 1. The number of thiophene rings is 1. The first-order valence-corrected chi connectivity index (χ1v) is 7.09. The van der Waals surface area contributed by atoms with Gasteiger partial charge < -0.3 is 10.4 Å². The van der Waals surface area contributed by atoms with E-state index in [1.807, 2.05) is 37.3 Å². The van der Waals surface area contributed by atoms with Gasteiger partial charge in [0.1, 0.15) is 0 Å². The summed E-state index contributed by atoms with van der Waals surface area (Å²) >= 11 is 1.35. The van der Waals surface area contributed by atoms with Crippen LogP contribution < -0.4 is 5.32 Å². The number of rotatable bonds is 3. The third-order valence-corrected chi connectivity index (χ3v) is 3.67. The molecule has 0 spiro atoms. The summed E-state index contributed by atoms with van der Waals surface area (Å²) in [6.45, 7) is 2.01. The quantitative estimate of drug-likeness (QED) is 0.852. The first kappa shape index (κ1) is 14.3. The Morgan fingerprint density at radius 1 is 1.30 bits per heavy atom. The lowest BCUT2D eigenvalue weighted by Gasteiger charge is -2.06. The van der Waals surface area contributed by atoms with Gasteiger partial charge in [0.05, 0.1) is 16.4 Å². The number of benzene rings is 1. The maximum atomic E-state index is 12.1. The van der Waals surface area contributed by atoms with Gasteiger partial charge in [-0.3, -0.25) is 4.79 Å². The SMILES string of the molecule is Cc1ccccc1NC(=O)c1ccc(C#CCCO)s1. The van der Waals surface area contributed by atoms with Crippen molar-refractivity contribution in [3.63, 3.8) is 0 Å². The minimum atomic E-state index is -0.125. The number of aliphatic hydroxyl groups is 1. The van der Waals surface area contributed by atoms with E-state index < -0.39 is 0 Å². The number of carbonyl (C=O) groups is 1. The molecule has 0 atom stereocenters. The van der Waals surface area contributed by atoms with E-state index in [9.17, 15) is 4.79 Å². The van der Waals surface area contributed by atoms with Gasteiger partial charge in [-0.1, -0.05) is 30.0 Å². The summed E-state index contributed by atoms with van der Waals surface area (Å²) < 4.78 is 0. The molecule has 2 aromatic rings. The van der Waals surface area contributed by atoms with Crippen LogP contribution in [0.3, 0.4) is 0 Å². The normalized spacial score (nSPS) is 9.70. The van der Waals surface area contributed by atoms with Crippen molar-refractivity contribution in [2.45, 2.75) is 13.3 Å². The minimum Gasteiger partial charge on any atom is -0.395 e. The molecule has 0 aliphatic rings. The third kappa shape index (κ3) is 3.70. The van der Waals surface area contributed by atoms with Crippen LogP contribution in [0.15, 0.2) is 36.4 Å². The summed E-state index contributed by atoms with van der Waals surface area (Å²) in [5.41, 5.74) is 1.85. The summed E-state index contributed by atoms with van der Waals surface area (Å²) in [4.78, 5) is 13.6. The van der Waals surface area contributed by atoms with Crippen LogP contribution in [0.1, 0.15) is 26.5 Å². The van der Waals surface area contributed by atoms with Crippen molar-refractivity contribution in [3.8, 4) is 11.8 Å². The summed E-state index contributed by atoms with van der Waals surface area (Å²) in [6, 6.07) is 11.2. The molecule has 1 amide bonds. The van der Waals surface area contributed by atoms with Gasteiger partial charge in [-0.2, -0.15) is 0 Å². The second-order valence-electron chi connectivity index (χ2n) is 4.21. The Bertz CT molecular complexity index is 664. The molecular formula is C16H15NO2S. The van der Waals surface area contributed by atoms with Gasteiger partial charge in [0, 0.05) is 12.1 Å². The number of aliphatic hydroxyl groups excluding tert-OH is 1. The number of nitrogens with one attached hydrogen (secondary N) is 1. The van der Waals surface area contributed by atoms with Crippen LogP contribution in [0.5, 0.6) is 0 Å². The van der Waals surface area contributed by atoms with Gasteiger partial charge in [-0.25, -0.2) is 0 Å². The lowest BCUT2D eigenvalue weighted by atomic mass is 10.2. The van der Waals surface area contributed by atoms with Crippen LogP contribution in [-0.2, 0) is 0 Å². The molecule has 3 nitrogen and oxygen atoms in total. The summed E-state index contributed by atoms with van der Waals surface area (Å²) in [6.07, 6.45) is 0.447. The van der Waals surface area contributed by atoms with Gasteiger partial charge in [0.25, 0.3) is 5.91 Å². The number of para-hydroxylation sites is 1. The van der Waals surface area contributed by atoms with Crippen LogP contribution in [-0.4, -0.2) is 17.6 Å². The molecule has 0 bridgehead atoms. The van der Waals surface area contributed by atoms with Crippen LogP contribution in [0.2, 0.25) is 0 Å². The van der Waals surface area contributed by atoms with Gasteiger partial charge in [-0.15, -0.1) is 11.3 Å². The standard InChI is InChI=1S/C16H15NO2S/c1-12-6-2-3-8-14(12)17-16(19)15-10-9-13(20-15)7-4-5-11-18/h2-3,6,8-10,18H,5,11H2,1H3,(H,17,19). The Morgan fingerprint density at radius 2 is 2.10 bits per heavy atom. The highest BCUT2D eigenvalue weighted by Crippen LogP contribution is 2.19. The molecule has 1 aromatic carbocycles. The van der Waals surface area contributed by atoms with E-state index in [0.717, 1.165) is 16.1 Å². The summed E-state index contributed by atoms with van der Waals surface area (Å²) in [5.74, 6) is 5.64. The van der Waals surface area contributed by atoms with Crippen molar-refractivity contribution < 1.29 is 9.90 Å². The molecule has 102 valence electrons. The van der Waals surface area contributed by atoms with Crippen LogP contribution in [0.25, 0.3) is 0 Å². The number of carbonyl (C=O) groups excluding carboxylic acids is 1. The molecule has 1 heterocycles. The van der Waals surface area contributed by atoms with E-state index >= 15 is 0 Å². The van der Waals surface area contributed by atoms with Gasteiger partial charge in [0.2, 0.25) is 0 Å².